The second kappa shape index (κ2) is 1.98. The van der Waals surface area contributed by atoms with Gasteiger partial charge in [-0.05, 0) is 19.8 Å². The number of nitriles is 1. The van der Waals surface area contributed by atoms with Crippen molar-refractivity contribution in [3.8, 4) is 6.07 Å². The minimum Gasteiger partial charge on any atom is -0.379 e. The van der Waals surface area contributed by atoms with Gasteiger partial charge in [-0.3, -0.25) is 5.32 Å². The summed E-state index contributed by atoms with van der Waals surface area (Å²) in [4.78, 5) is 0. The summed E-state index contributed by atoms with van der Waals surface area (Å²) in [6, 6.07) is 2.11. The Morgan fingerprint density at radius 2 is 2.33 bits per heavy atom. The zero-order valence-corrected chi connectivity index (χ0v) is 5.39. The second-order valence-corrected chi connectivity index (χ2v) is 2.51. The van der Waals surface area contributed by atoms with Crippen LogP contribution in [0.4, 0.5) is 0 Å². The van der Waals surface area contributed by atoms with Crippen molar-refractivity contribution in [2.24, 2.45) is 0 Å². The minimum atomic E-state index is -0.563. The van der Waals surface area contributed by atoms with Gasteiger partial charge in [0.25, 0.3) is 0 Å². The molecular weight excluding hydrogens is 116 g/mol. The molecule has 0 aliphatic heterocycles. The molecule has 0 aromatic rings. The van der Waals surface area contributed by atoms with E-state index < -0.39 is 6.23 Å². The molecule has 1 rings (SSSR count). The molecule has 1 atom stereocenters. The highest BCUT2D eigenvalue weighted by Gasteiger charge is 2.43. The number of rotatable bonds is 2. The summed E-state index contributed by atoms with van der Waals surface area (Å²) in [5.74, 6) is 0. The first-order chi connectivity index (χ1) is 4.18. The molecule has 1 aliphatic rings. The normalized spacial score (nSPS) is 24.6. The number of aliphatic hydroxyl groups excluding tert-OH is 1. The van der Waals surface area contributed by atoms with Gasteiger partial charge in [-0.25, -0.2) is 0 Å². The first-order valence-corrected chi connectivity index (χ1v) is 3.05. The fourth-order valence-electron chi connectivity index (χ4n) is 0.813. The molecule has 0 unspecified atom stereocenters. The van der Waals surface area contributed by atoms with Gasteiger partial charge < -0.3 is 5.11 Å². The Kier molecular flexibility index (Phi) is 1.43. The Morgan fingerprint density at radius 1 is 1.78 bits per heavy atom. The average molecular weight is 126 g/mol. The van der Waals surface area contributed by atoms with E-state index in [4.69, 9.17) is 10.4 Å². The number of hydrogen-bond donors (Lipinski definition) is 2. The molecule has 2 N–H and O–H groups in total. The first-order valence-electron chi connectivity index (χ1n) is 3.05. The lowest BCUT2D eigenvalue weighted by Gasteiger charge is -2.10. The summed E-state index contributed by atoms with van der Waals surface area (Å²) in [6.07, 6.45) is 1.18. The lowest BCUT2D eigenvalue weighted by atomic mass is 10.3. The molecule has 0 amide bonds. The van der Waals surface area contributed by atoms with Crippen molar-refractivity contribution in [2.45, 2.75) is 31.5 Å². The van der Waals surface area contributed by atoms with Gasteiger partial charge in [0.15, 0.2) is 0 Å². The van der Waals surface area contributed by atoms with E-state index in [0.717, 1.165) is 12.8 Å². The number of aliphatic hydroxyl groups is 1. The quantitative estimate of drug-likeness (QED) is 0.511. The number of nitrogens with one attached hydrogen (secondary N) is 1. The molecule has 0 saturated heterocycles. The number of nitrogens with zero attached hydrogens (tertiary/aromatic N) is 1. The standard InChI is InChI=1S/C6H10N2O/c1-5(9)8-6(4-7)2-3-6/h5,8-9H,2-3H2,1H3/t5-/m0/s1. The third-order valence-corrected chi connectivity index (χ3v) is 1.45. The Morgan fingerprint density at radius 3 is 2.44 bits per heavy atom. The predicted octanol–water partition coefficient (Wildman–Crippen LogP) is -0.0295. The molecule has 0 heterocycles. The molecule has 50 valence electrons. The molecule has 0 radical (unpaired) electrons. The fourth-order valence-corrected chi connectivity index (χ4v) is 0.813. The van der Waals surface area contributed by atoms with Crippen LogP contribution in [0.2, 0.25) is 0 Å². The maximum Gasteiger partial charge on any atom is 0.108 e. The van der Waals surface area contributed by atoms with Crippen molar-refractivity contribution in [1.29, 1.82) is 5.26 Å². The Balaban J connectivity index is 2.36. The van der Waals surface area contributed by atoms with Crippen LogP contribution >= 0.6 is 0 Å². The van der Waals surface area contributed by atoms with Crippen LogP contribution in [0.5, 0.6) is 0 Å². The molecular formula is C6H10N2O. The summed E-state index contributed by atoms with van der Waals surface area (Å²) >= 11 is 0. The highest BCUT2D eigenvalue weighted by Crippen LogP contribution is 2.34. The summed E-state index contributed by atoms with van der Waals surface area (Å²) in [6.45, 7) is 1.62. The largest absolute Gasteiger partial charge is 0.379 e. The molecule has 9 heavy (non-hydrogen) atoms. The molecule has 1 aliphatic carbocycles. The van der Waals surface area contributed by atoms with Crippen molar-refractivity contribution in [2.75, 3.05) is 0 Å². The van der Waals surface area contributed by atoms with E-state index in [0.29, 0.717) is 0 Å². The van der Waals surface area contributed by atoms with Crippen molar-refractivity contribution in [3.63, 3.8) is 0 Å². The van der Waals surface area contributed by atoms with Crippen LogP contribution < -0.4 is 5.32 Å². The third kappa shape index (κ3) is 1.41. The average Bonchev–Trinajstić information content (AvgIpc) is 2.48. The molecule has 1 fully saturated rings. The zero-order valence-electron chi connectivity index (χ0n) is 5.39. The van der Waals surface area contributed by atoms with Crippen LogP contribution in [0.15, 0.2) is 0 Å². The highest BCUT2D eigenvalue weighted by atomic mass is 16.3. The van der Waals surface area contributed by atoms with E-state index >= 15 is 0 Å². The second-order valence-electron chi connectivity index (χ2n) is 2.51. The van der Waals surface area contributed by atoms with Crippen LogP contribution in [0.3, 0.4) is 0 Å². The Bertz CT molecular complexity index is 144. The smallest absolute Gasteiger partial charge is 0.108 e. The van der Waals surface area contributed by atoms with E-state index in [9.17, 15) is 0 Å². The number of hydrogen-bond acceptors (Lipinski definition) is 3. The molecule has 0 bridgehead atoms. The monoisotopic (exact) mass is 126 g/mol. The van der Waals surface area contributed by atoms with E-state index in [1.54, 1.807) is 6.92 Å². The van der Waals surface area contributed by atoms with Crippen molar-refractivity contribution in [3.05, 3.63) is 0 Å². The van der Waals surface area contributed by atoms with Crippen LogP contribution in [0, 0.1) is 11.3 Å². The molecule has 0 aromatic heterocycles. The highest BCUT2D eigenvalue weighted by molar-refractivity contribution is 5.18. The van der Waals surface area contributed by atoms with Gasteiger partial charge in [0.2, 0.25) is 0 Å². The van der Waals surface area contributed by atoms with Gasteiger partial charge in [0.05, 0.1) is 6.07 Å². The van der Waals surface area contributed by atoms with Gasteiger partial charge in [-0.1, -0.05) is 0 Å². The summed E-state index contributed by atoms with van der Waals surface area (Å²) in [5, 5.41) is 20.1. The van der Waals surface area contributed by atoms with Gasteiger partial charge in [-0.2, -0.15) is 5.26 Å². The topological polar surface area (TPSA) is 56.0 Å². The Labute approximate surface area is 54.3 Å². The first kappa shape index (κ1) is 6.53. The van der Waals surface area contributed by atoms with E-state index in [-0.39, 0.29) is 5.54 Å². The molecule has 0 aromatic carbocycles. The van der Waals surface area contributed by atoms with Crippen LogP contribution in [-0.2, 0) is 0 Å². The van der Waals surface area contributed by atoms with E-state index in [2.05, 4.69) is 11.4 Å². The summed E-state index contributed by atoms with van der Waals surface area (Å²) in [7, 11) is 0. The summed E-state index contributed by atoms with van der Waals surface area (Å²) < 4.78 is 0. The predicted molar refractivity (Wildman–Crippen MR) is 32.4 cm³/mol. The lowest BCUT2D eigenvalue weighted by Crippen LogP contribution is -2.36. The van der Waals surface area contributed by atoms with E-state index in [1.807, 2.05) is 0 Å². The maximum absolute atomic E-state index is 8.80. The van der Waals surface area contributed by atoms with Gasteiger partial charge in [-0.15, -0.1) is 0 Å². The Hall–Kier alpha value is -0.590. The SMILES string of the molecule is C[C@H](O)NC1(C#N)CC1. The van der Waals surface area contributed by atoms with Crippen molar-refractivity contribution < 1.29 is 5.11 Å². The molecule has 3 heteroatoms. The molecule has 3 nitrogen and oxygen atoms in total. The van der Waals surface area contributed by atoms with E-state index in [1.165, 1.54) is 0 Å². The van der Waals surface area contributed by atoms with Gasteiger partial charge in [0, 0.05) is 0 Å². The van der Waals surface area contributed by atoms with Crippen molar-refractivity contribution in [1.82, 2.24) is 5.32 Å². The van der Waals surface area contributed by atoms with Crippen LogP contribution in [0.25, 0.3) is 0 Å². The lowest BCUT2D eigenvalue weighted by molar-refractivity contribution is 0.145. The summed E-state index contributed by atoms with van der Waals surface area (Å²) in [5.41, 5.74) is -0.381. The maximum atomic E-state index is 8.80. The zero-order chi connectivity index (χ0) is 6.91. The van der Waals surface area contributed by atoms with Gasteiger partial charge >= 0.3 is 0 Å². The minimum absolute atomic E-state index is 0.381. The fraction of sp³-hybridized carbons (Fsp3) is 0.833. The van der Waals surface area contributed by atoms with Crippen LogP contribution in [-0.4, -0.2) is 16.9 Å². The van der Waals surface area contributed by atoms with Crippen LogP contribution in [0.1, 0.15) is 19.8 Å². The third-order valence-electron chi connectivity index (χ3n) is 1.45. The van der Waals surface area contributed by atoms with Crippen molar-refractivity contribution >= 4 is 0 Å². The van der Waals surface area contributed by atoms with Gasteiger partial charge in [0.1, 0.15) is 11.8 Å². The molecule has 1 saturated carbocycles. The molecule has 0 spiro atoms.